The van der Waals surface area contributed by atoms with E-state index in [0.29, 0.717) is 0 Å². The first-order valence-electron chi connectivity index (χ1n) is 3.88. The number of rotatable bonds is 1. The summed E-state index contributed by atoms with van der Waals surface area (Å²) in [5, 5.41) is 12.0. The van der Waals surface area contributed by atoms with Crippen LogP contribution in [0.25, 0.3) is 0 Å². The summed E-state index contributed by atoms with van der Waals surface area (Å²) in [6, 6.07) is 2.62. The predicted molar refractivity (Wildman–Crippen MR) is 42.5 cm³/mol. The molecule has 1 N–H and O–H groups in total. The summed E-state index contributed by atoms with van der Waals surface area (Å²) < 4.78 is 0. The molecular formula is C9H10N2. The van der Waals surface area contributed by atoms with Crippen molar-refractivity contribution in [2.45, 2.75) is 18.9 Å². The summed E-state index contributed by atoms with van der Waals surface area (Å²) in [6.07, 6.45) is 10.00. The molecule has 1 saturated carbocycles. The highest BCUT2D eigenvalue weighted by Crippen LogP contribution is 2.48. The predicted octanol–water partition coefficient (Wildman–Crippen LogP) is 1.33. The maximum Gasteiger partial charge on any atom is 0.0811 e. The quantitative estimate of drug-likeness (QED) is 0.605. The molecular weight excluding hydrogens is 136 g/mol. The van der Waals surface area contributed by atoms with Crippen LogP contribution in [0.1, 0.15) is 12.8 Å². The smallest absolute Gasteiger partial charge is 0.0811 e. The molecule has 2 aliphatic rings. The number of nitriles is 1. The van der Waals surface area contributed by atoms with Gasteiger partial charge in [-0.25, -0.2) is 0 Å². The molecule has 0 aromatic heterocycles. The first-order valence-corrected chi connectivity index (χ1v) is 3.88. The summed E-state index contributed by atoms with van der Waals surface area (Å²) in [6.45, 7) is 0. The van der Waals surface area contributed by atoms with Crippen LogP contribution in [0.5, 0.6) is 0 Å². The molecule has 0 aromatic carbocycles. The molecule has 2 rings (SSSR count). The van der Waals surface area contributed by atoms with E-state index in [1.54, 1.807) is 0 Å². The summed E-state index contributed by atoms with van der Waals surface area (Å²) in [4.78, 5) is 0. The lowest BCUT2D eigenvalue weighted by atomic mass is 9.97. The Kier molecular flexibility index (Phi) is 1.25. The van der Waals surface area contributed by atoms with E-state index < -0.39 is 0 Å². The van der Waals surface area contributed by atoms with Gasteiger partial charge in [-0.05, 0) is 25.1 Å². The molecule has 1 heterocycles. The molecule has 0 aromatic rings. The highest BCUT2D eigenvalue weighted by Gasteiger charge is 2.49. The number of nitrogens with zero attached hydrogens (tertiary/aromatic N) is 1. The van der Waals surface area contributed by atoms with Crippen LogP contribution in [-0.2, 0) is 0 Å². The van der Waals surface area contributed by atoms with Gasteiger partial charge in [0, 0.05) is 0 Å². The molecule has 2 nitrogen and oxygen atoms in total. The zero-order chi connectivity index (χ0) is 7.73. The van der Waals surface area contributed by atoms with E-state index in [-0.39, 0.29) is 11.5 Å². The van der Waals surface area contributed by atoms with Crippen LogP contribution in [0, 0.1) is 16.7 Å². The van der Waals surface area contributed by atoms with Crippen molar-refractivity contribution < 1.29 is 0 Å². The lowest BCUT2D eigenvalue weighted by molar-refractivity contribution is 0.516. The second-order valence-electron chi connectivity index (χ2n) is 3.16. The summed E-state index contributed by atoms with van der Waals surface area (Å²) in [5.74, 6) is 0. The van der Waals surface area contributed by atoms with Crippen molar-refractivity contribution in [3.8, 4) is 6.07 Å². The van der Waals surface area contributed by atoms with Crippen LogP contribution >= 0.6 is 0 Å². The van der Waals surface area contributed by atoms with E-state index in [4.69, 9.17) is 5.26 Å². The fourth-order valence-electron chi connectivity index (χ4n) is 1.42. The van der Waals surface area contributed by atoms with Crippen LogP contribution in [0.4, 0.5) is 0 Å². The molecule has 2 heteroatoms. The first kappa shape index (κ1) is 6.48. The second kappa shape index (κ2) is 2.13. The van der Waals surface area contributed by atoms with E-state index in [9.17, 15) is 0 Å². The Labute approximate surface area is 66.2 Å². The number of allylic oxidation sites excluding steroid dienone is 2. The summed E-state index contributed by atoms with van der Waals surface area (Å²) in [5.41, 5.74) is -0.0821. The molecule has 0 saturated heterocycles. The van der Waals surface area contributed by atoms with E-state index in [0.717, 1.165) is 12.8 Å². The first-order chi connectivity index (χ1) is 5.37. The number of dihydropyridines is 1. The Morgan fingerprint density at radius 1 is 1.45 bits per heavy atom. The van der Waals surface area contributed by atoms with Crippen molar-refractivity contribution in [3.05, 3.63) is 24.4 Å². The minimum absolute atomic E-state index is 0.0821. The number of hydrogen-bond donors (Lipinski definition) is 1. The van der Waals surface area contributed by atoms with Crippen LogP contribution in [0.2, 0.25) is 0 Å². The maximum atomic E-state index is 8.86. The normalized spacial score (nSPS) is 30.6. The third-order valence-corrected chi connectivity index (χ3v) is 2.39. The molecule has 1 fully saturated rings. The summed E-state index contributed by atoms with van der Waals surface area (Å²) in [7, 11) is 0. The zero-order valence-corrected chi connectivity index (χ0v) is 6.25. The minimum atomic E-state index is -0.0821. The van der Waals surface area contributed by atoms with Crippen molar-refractivity contribution in [1.82, 2.24) is 5.32 Å². The van der Waals surface area contributed by atoms with E-state index in [1.807, 2.05) is 18.4 Å². The van der Waals surface area contributed by atoms with Crippen molar-refractivity contribution in [1.29, 1.82) is 5.26 Å². The number of hydrogen-bond acceptors (Lipinski definition) is 2. The van der Waals surface area contributed by atoms with Crippen molar-refractivity contribution in [2.24, 2.45) is 5.41 Å². The molecule has 56 valence electrons. The molecule has 0 radical (unpaired) electrons. The molecule has 0 spiro atoms. The van der Waals surface area contributed by atoms with Crippen molar-refractivity contribution in [2.75, 3.05) is 0 Å². The van der Waals surface area contributed by atoms with Gasteiger partial charge in [0.2, 0.25) is 0 Å². The largest absolute Gasteiger partial charge is 0.383 e. The van der Waals surface area contributed by atoms with Gasteiger partial charge in [0.1, 0.15) is 0 Å². The molecule has 1 unspecified atom stereocenters. The van der Waals surface area contributed by atoms with Crippen molar-refractivity contribution in [3.63, 3.8) is 0 Å². The minimum Gasteiger partial charge on any atom is -0.383 e. The number of nitrogens with one attached hydrogen (secondary N) is 1. The Morgan fingerprint density at radius 2 is 2.27 bits per heavy atom. The van der Waals surface area contributed by atoms with E-state index in [2.05, 4.69) is 17.5 Å². The Hall–Kier alpha value is -1.23. The molecule has 0 amide bonds. The van der Waals surface area contributed by atoms with Gasteiger partial charge in [-0.1, -0.05) is 12.2 Å². The summed E-state index contributed by atoms with van der Waals surface area (Å²) >= 11 is 0. The highest BCUT2D eigenvalue weighted by molar-refractivity contribution is 5.25. The monoisotopic (exact) mass is 146 g/mol. The van der Waals surface area contributed by atoms with Crippen molar-refractivity contribution >= 4 is 0 Å². The lowest BCUT2D eigenvalue weighted by Crippen LogP contribution is -2.32. The molecule has 0 bridgehead atoms. The van der Waals surface area contributed by atoms with Gasteiger partial charge in [-0.2, -0.15) is 5.26 Å². The maximum absolute atomic E-state index is 8.86. The zero-order valence-electron chi connectivity index (χ0n) is 6.25. The van der Waals surface area contributed by atoms with Gasteiger partial charge in [-0.3, -0.25) is 0 Å². The van der Waals surface area contributed by atoms with Gasteiger partial charge in [0.05, 0.1) is 17.5 Å². The fourth-order valence-corrected chi connectivity index (χ4v) is 1.42. The average Bonchev–Trinajstić information content (AvgIpc) is 2.86. The SMILES string of the molecule is N#CC1(C2C=CC=CN2)CC1. The van der Waals surface area contributed by atoms with Gasteiger partial charge in [0.15, 0.2) is 0 Å². The van der Waals surface area contributed by atoms with E-state index >= 15 is 0 Å². The Balaban J connectivity index is 2.13. The average molecular weight is 146 g/mol. The molecule has 1 atom stereocenters. The van der Waals surface area contributed by atoms with Gasteiger partial charge < -0.3 is 5.32 Å². The highest BCUT2D eigenvalue weighted by atomic mass is 14.9. The van der Waals surface area contributed by atoms with Gasteiger partial charge >= 0.3 is 0 Å². The molecule has 1 aliphatic heterocycles. The third-order valence-electron chi connectivity index (χ3n) is 2.39. The van der Waals surface area contributed by atoms with Gasteiger partial charge in [0.25, 0.3) is 0 Å². The second-order valence-corrected chi connectivity index (χ2v) is 3.16. The van der Waals surface area contributed by atoms with Gasteiger partial charge in [-0.15, -0.1) is 0 Å². The van der Waals surface area contributed by atoms with E-state index in [1.165, 1.54) is 0 Å². The topological polar surface area (TPSA) is 35.8 Å². The third kappa shape index (κ3) is 0.932. The standard InChI is InChI=1S/C9H10N2/c10-7-9(4-5-9)8-3-1-2-6-11-8/h1-3,6,8,11H,4-5H2. The van der Waals surface area contributed by atoms with Crippen LogP contribution < -0.4 is 5.32 Å². The van der Waals surface area contributed by atoms with Crippen LogP contribution in [0.15, 0.2) is 24.4 Å². The fraction of sp³-hybridized carbons (Fsp3) is 0.444. The Bertz CT molecular complexity index is 253. The van der Waals surface area contributed by atoms with Crippen LogP contribution in [0.3, 0.4) is 0 Å². The Morgan fingerprint density at radius 3 is 2.73 bits per heavy atom. The molecule has 1 aliphatic carbocycles. The van der Waals surface area contributed by atoms with Crippen LogP contribution in [-0.4, -0.2) is 6.04 Å². The lowest BCUT2D eigenvalue weighted by Gasteiger charge is -2.19. The molecule has 11 heavy (non-hydrogen) atoms.